The normalized spacial score (nSPS) is 21.2. The van der Waals surface area contributed by atoms with E-state index in [4.69, 9.17) is 0 Å². The van der Waals surface area contributed by atoms with E-state index in [0.717, 1.165) is 29.7 Å². The Bertz CT molecular complexity index is 543. The van der Waals surface area contributed by atoms with Gasteiger partial charge in [-0.15, -0.1) is 5.10 Å². The number of rotatable bonds is 3. The summed E-state index contributed by atoms with van der Waals surface area (Å²) in [5.74, 6) is 1.56. The van der Waals surface area contributed by atoms with Crippen molar-refractivity contribution in [2.45, 2.75) is 25.8 Å². The third-order valence-electron chi connectivity index (χ3n) is 3.98. The summed E-state index contributed by atoms with van der Waals surface area (Å²) < 4.78 is 0. The van der Waals surface area contributed by atoms with Gasteiger partial charge in [0.2, 0.25) is 0 Å². The van der Waals surface area contributed by atoms with Crippen LogP contribution in [0.2, 0.25) is 0 Å². The van der Waals surface area contributed by atoms with Crippen LogP contribution in [0.1, 0.15) is 19.8 Å². The first-order valence-electron chi connectivity index (χ1n) is 7.02. The summed E-state index contributed by atoms with van der Waals surface area (Å²) in [5.41, 5.74) is 0. The summed E-state index contributed by atoms with van der Waals surface area (Å²) in [6.45, 7) is 4.48. The Morgan fingerprint density at radius 1 is 1.37 bits per heavy atom. The molecule has 4 nitrogen and oxygen atoms in total. The van der Waals surface area contributed by atoms with Crippen LogP contribution in [-0.4, -0.2) is 29.3 Å². The van der Waals surface area contributed by atoms with Crippen molar-refractivity contribution in [2.24, 2.45) is 5.92 Å². The zero-order valence-electron chi connectivity index (χ0n) is 11.3. The monoisotopic (exact) mass is 256 g/mol. The number of benzene rings is 1. The SMILES string of the molecule is CC(Nc1nncc2ccccc12)C1CCCNC1. The molecule has 0 amide bonds. The number of anilines is 1. The number of fused-ring (bicyclic) bond motifs is 1. The molecule has 4 heteroatoms. The van der Waals surface area contributed by atoms with Gasteiger partial charge in [-0.25, -0.2) is 0 Å². The molecule has 1 saturated heterocycles. The number of hydrogen-bond acceptors (Lipinski definition) is 4. The second-order valence-electron chi connectivity index (χ2n) is 5.32. The highest BCUT2D eigenvalue weighted by Gasteiger charge is 2.20. The van der Waals surface area contributed by atoms with E-state index in [-0.39, 0.29) is 0 Å². The van der Waals surface area contributed by atoms with Gasteiger partial charge in [0.05, 0.1) is 6.20 Å². The Morgan fingerprint density at radius 2 is 2.26 bits per heavy atom. The average molecular weight is 256 g/mol. The molecule has 19 heavy (non-hydrogen) atoms. The summed E-state index contributed by atoms with van der Waals surface area (Å²) in [4.78, 5) is 0. The molecular weight excluding hydrogens is 236 g/mol. The topological polar surface area (TPSA) is 49.8 Å². The van der Waals surface area contributed by atoms with Gasteiger partial charge < -0.3 is 10.6 Å². The fraction of sp³-hybridized carbons (Fsp3) is 0.467. The summed E-state index contributed by atoms with van der Waals surface area (Å²) in [6.07, 6.45) is 4.35. The first-order chi connectivity index (χ1) is 9.34. The molecule has 1 fully saturated rings. The summed E-state index contributed by atoms with van der Waals surface area (Å²) in [6, 6.07) is 8.65. The third-order valence-corrected chi connectivity index (χ3v) is 3.98. The van der Waals surface area contributed by atoms with Gasteiger partial charge in [0, 0.05) is 16.8 Å². The smallest absolute Gasteiger partial charge is 0.156 e. The number of nitrogens with one attached hydrogen (secondary N) is 2. The van der Waals surface area contributed by atoms with Gasteiger partial charge in [-0.05, 0) is 38.8 Å². The molecule has 0 spiro atoms. The van der Waals surface area contributed by atoms with E-state index in [1.54, 1.807) is 0 Å². The molecule has 2 unspecified atom stereocenters. The molecule has 1 aromatic carbocycles. The van der Waals surface area contributed by atoms with Crippen molar-refractivity contribution in [3.8, 4) is 0 Å². The van der Waals surface area contributed by atoms with Crippen molar-refractivity contribution in [1.29, 1.82) is 0 Å². The number of piperidine rings is 1. The van der Waals surface area contributed by atoms with E-state index >= 15 is 0 Å². The highest BCUT2D eigenvalue weighted by atomic mass is 15.2. The summed E-state index contributed by atoms with van der Waals surface area (Å²) >= 11 is 0. The van der Waals surface area contributed by atoms with Crippen LogP contribution in [0.25, 0.3) is 10.8 Å². The average Bonchev–Trinajstić information content (AvgIpc) is 2.48. The Hall–Kier alpha value is -1.68. The van der Waals surface area contributed by atoms with Crippen LogP contribution < -0.4 is 10.6 Å². The largest absolute Gasteiger partial charge is 0.365 e. The maximum Gasteiger partial charge on any atom is 0.156 e. The second kappa shape index (κ2) is 5.53. The van der Waals surface area contributed by atoms with Gasteiger partial charge in [0.1, 0.15) is 0 Å². The lowest BCUT2D eigenvalue weighted by Gasteiger charge is -2.29. The highest BCUT2D eigenvalue weighted by Crippen LogP contribution is 2.23. The predicted octanol–water partition coefficient (Wildman–Crippen LogP) is 2.43. The number of hydrogen-bond donors (Lipinski definition) is 2. The maximum absolute atomic E-state index is 4.26. The molecule has 1 aliphatic heterocycles. The molecule has 0 radical (unpaired) electrons. The quantitative estimate of drug-likeness (QED) is 0.885. The van der Waals surface area contributed by atoms with Gasteiger partial charge in [-0.3, -0.25) is 0 Å². The molecule has 0 bridgehead atoms. The zero-order valence-corrected chi connectivity index (χ0v) is 11.3. The molecule has 3 rings (SSSR count). The van der Waals surface area contributed by atoms with E-state index in [1.165, 1.54) is 12.8 Å². The van der Waals surface area contributed by atoms with Crippen LogP contribution in [0, 0.1) is 5.92 Å². The van der Waals surface area contributed by atoms with E-state index < -0.39 is 0 Å². The van der Waals surface area contributed by atoms with Gasteiger partial charge in [0.15, 0.2) is 5.82 Å². The van der Waals surface area contributed by atoms with E-state index in [9.17, 15) is 0 Å². The van der Waals surface area contributed by atoms with Crippen molar-refractivity contribution < 1.29 is 0 Å². The van der Waals surface area contributed by atoms with Gasteiger partial charge in [-0.2, -0.15) is 5.10 Å². The van der Waals surface area contributed by atoms with Crippen LogP contribution in [0.4, 0.5) is 5.82 Å². The summed E-state index contributed by atoms with van der Waals surface area (Å²) in [7, 11) is 0. The van der Waals surface area contributed by atoms with Crippen LogP contribution >= 0.6 is 0 Å². The van der Waals surface area contributed by atoms with Crippen molar-refractivity contribution in [3.05, 3.63) is 30.5 Å². The maximum atomic E-state index is 4.26. The van der Waals surface area contributed by atoms with Crippen LogP contribution in [0.15, 0.2) is 30.5 Å². The van der Waals surface area contributed by atoms with Crippen LogP contribution in [0.5, 0.6) is 0 Å². The molecule has 2 aromatic rings. The van der Waals surface area contributed by atoms with E-state index in [0.29, 0.717) is 12.0 Å². The predicted molar refractivity (Wildman–Crippen MR) is 78.2 cm³/mol. The fourth-order valence-corrected chi connectivity index (χ4v) is 2.77. The molecule has 100 valence electrons. The minimum Gasteiger partial charge on any atom is -0.365 e. The summed E-state index contributed by atoms with van der Waals surface area (Å²) in [5, 5.41) is 17.6. The van der Waals surface area contributed by atoms with E-state index in [2.05, 4.69) is 39.9 Å². The minimum atomic E-state index is 0.410. The fourth-order valence-electron chi connectivity index (χ4n) is 2.77. The highest BCUT2D eigenvalue weighted by molar-refractivity contribution is 5.90. The molecule has 2 atom stereocenters. The standard InChI is InChI=1S/C15H20N4/c1-11(12-6-4-8-16-9-12)18-15-14-7-3-2-5-13(14)10-17-19-15/h2-3,5,7,10-12,16H,4,6,8-9H2,1H3,(H,18,19). The van der Waals surface area contributed by atoms with Crippen molar-refractivity contribution >= 4 is 16.6 Å². The van der Waals surface area contributed by atoms with Crippen LogP contribution in [0.3, 0.4) is 0 Å². The lowest BCUT2D eigenvalue weighted by atomic mass is 9.93. The molecule has 0 aliphatic carbocycles. The molecule has 2 heterocycles. The first kappa shape index (κ1) is 12.4. The Balaban J connectivity index is 1.80. The Kier molecular flexibility index (Phi) is 3.60. The molecule has 1 aliphatic rings. The Labute approximate surface area is 113 Å². The lowest BCUT2D eigenvalue weighted by Crippen LogP contribution is -2.39. The first-order valence-corrected chi connectivity index (χ1v) is 7.02. The van der Waals surface area contributed by atoms with E-state index in [1.807, 2.05) is 18.3 Å². The Morgan fingerprint density at radius 3 is 3.11 bits per heavy atom. The minimum absolute atomic E-state index is 0.410. The van der Waals surface area contributed by atoms with Gasteiger partial charge >= 0.3 is 0 Å². The molecule has 0 saturated carbocycles. The lowest BCUT2D eigenvalue weighted by molar-refractivity contribution is 0.346. The number of aromatic nitrogens is 2. The molecule has 1 aromatic heterocycles. The second-order valence-corrected chi connectivity index (χ2v) is 5.32. The number of nitrogens with zero attached hydrogens (tertiary/aromatic N) is 2. The van der Waals surface area contributed by atoms with Gasteiger partial charge in [-0.1, -0.05) is 24.3 Å². The van der Waals surface area contributed by atoms with Gasteiger partial charge in [0.25, 0.3) is 0 Å². The zero-order chi connectivity index (χ0) is 13.1. The molecule has 2 N–H and O–H groups in total. The van der Waals surface area contributed by atoms with Crippen molar-refractivity contribution in [2.75, 3.05) is 18.4 Å². The van der Waals surface area contributed by atoms with Crippen molar-refractivity contribution in [3.63, 3.8) is 0 Å². The van der Waals surface area contributed by atoms with Crippen molar-refractivity contribution in [1.82, 2.24) is 15.5 Å². The third kappa shape index (κ3) is 2.68. The molecular formula is C15H20N4. The van der Waals surface area contributed by atoms with Crippen LogP contribution in [-0.2, 0) is 0 Å².